The number of nitrogens with zero attached hydrogens (tertiary/aromatic N) is 1. The predicted molar refractivity (Wildman–Crippen MR) is 87.4 cm³/mol. The van der Waals surface area contributed by atoms with Crippen molar-refractivity contribution >= 4 is 15.9 Å². The molecule has 0 saturated carbocycles. The van der Waals surface area contributed by atoms with E-state index in [2.05, 4.69) is 10.6 Å². The molecule has 0 aliphatic rings. The minimum atomic E-state index is -3.58. The van der Waals surface area contributed by atoms with Crippen LogP contribution < -0.4 is 10.6 Å². The van der Waals surface area contributed by atoms with E-state index in [0.29, 0.717) is 18.7 Å². The smallest absolute Gasteiger partial charge is 0.251 e. The molecule has 1 amide bonds. The van der Waals surface area contributed by atoms with Crippen molar-refractivity contribution in [3.63, 3.8) is 0 Å². The molecule has 0 spiro atoms. The highest BCUT2D eigenvalue weighted by Gasteiger charge is 2.23. The van der Waals surface area contributed by atoms with Crippen molar-refractivity contribution in [3.05, 3.63) is 29.8 Å². The molecule has 2 N–H and O–H groups in total. The van der Waals surface area contributed by atoms with Crippen LogP contribution in [0.5, 0.6) is 0 Å². The summed E-state index contributed by atoms with van der Waals surface area (Å²) >= 11 is 0. The second-order valence-corrected chi connectivity index (χ2v) is 7.25. The SMILES string of the molecule is CCNCCNC(=O)c1cccc(S(=O)(=O)N(C)C(C)C)c1. The Bertz CT molecular complexity index is 600. The largest absolute Gasteiger partial charge is 0.351 e. The summed E-state index contributed by atoms with van der Waals surface area (Å²) in [5.74, 6) is -0.276. The Balaban J connectivity index is 2.88. The first-order valence-corrected chi connectivity index (χ1v) is 8.81. The maximum Gasteiger partial charge on any atom is 0.251 e. The van der Waals surface area contributed by atoms with Crippen LogP contribution in [-0.2, 0) is 10.0 Å². The molecule has 1 aromatic rings. The van der Waals surface area contributed by atoms with Gasteiger partial charge in [-0.05, 0) is 38.6 Å². The number of carbonyl (C=O) groups is 1. The van der Waals surface area contributed by atoms with Gasteiger partial charge in [0, 0.05) is 31.7 Å². The molecule has 1 rings (SSSR count). The third-order valence-corrected chi connectivity index (χ3v) is 5.37. The molecule has 0 aliphatic heterocycles. The highest BCUT2D eigenvalue weighted by Crippen LogP contribution is 2.17. The number of benzene rings is 1. The van der Waals surface area contributed by atoms with Gasteiger partial charge < -0.3 is 10.6 Å². The van der Waals surface area contributed by atoms with Crippen LogP contribution in [0.25, 0.3) is 0 Å². The molecule has 0 radical (unpaired) electrons. The van der Waals surface area contributed by atoms with Crippen LogP contribution >= 0.6 is 0 Å². The fourth-order valence-corrected chi connectivity index (χ4v) is 3.20. The van der Waals surface area contributed by atoms with Crippen LogP contribution in [0.1, 0.15) is 31.1 Å². The third-order valence-electron chi connectivity index (χ3n) is 3.34. The van der Waals surface area contributed by atoms with Gasteiger partial charge in [0.2, 0.25) is 10.0 Å². The lowest BCUT2D eigenvalue weighted by molar-refractivity contribution is 0.0953. The van der Waals surface area contributed by atoms with E-state index in [1.807, 2.05) is 6.92 Å². The van der Waals surface area contributed by atoms with Crippen molar-refractivity contribution in [1.82, 2.24) is 14.9 Å². The number of likely N-dealkylation sites (N-methyl/N-ethyl adjacent to an activating group) is 1. The molecule has 0 saturated heterocycles. The van der Waals surface area contributed by atoms with E-state index in [1.54, 1.807) is 26.0 Å². The Morgan fingerprint density at radius 1 is 1.27 bits per heavy atom. The van der Waals surface area contributed by atoms with Gasteiger partial charge in [-0.1, -0.05) is 13.0 Å². The second-order valence-electron chi connectivity index (χ2n) is 5.25. The first-order valence-electron chi connectivity index (χ1n) is 7.37. The van der Waals surface area contributed by atoms with E-state index in [1.165, 1.54) is 23.5 Å². The van der Waals surface area contributed by atoms with Crippen LogP contribution in [-0.4, -0.2) is 51.4 Å². The quantitative estimate of drug-likeness (QED) is 0.700. The van der Waals surface area contributed by atoms with Crippen molar-refractivity contribution in [2.75, 3.05) is 26.7 Å². The summed E-state index contributed by atoms with van der Waals surface area (Å²) in [7, 11) is -2.05. The number of carbonyl (C=O) groups excluding carboxylic acids is 1. The van der Waals surface area contributed by atoms with Gasteiger partial charge in [-0.3, -0.25) is 4.79 Å². The summed E-state index contributed by atoms with van der Waals surface area (Å²) in [4.78, 5) is 12.2. The van der Waals surface area contributed by atoms with Gasteiger partial charge in [0.1, 0.15) is 0 Å². The van der Waals surface area contributed by atoms with E-state index < -0.39 is 10.0 Å². The topological polar surface area (TPSA) is 78.5 Å². The summed E-state index contributed by atoms with van der Waals surface area (Å²) in [6.45, 7) is 7.60. The number of nitrogens with one attached hydrogen (secondary N) is 2. The van der Waals surface area contributed by atoms with Gasteiger partial charge >= 0.3 is 0 Å². The molecule has 6 nitrogen and oxygen atoms in total. The van der Waals surface area contributed by atoms with E-state index in [4.69, 9.17) is 0 Å². The number of hydrogen-bond acceptors (Lipinski definition) is 4. The molecule has 0 heterocycles. The zero-order valence-electron chi connectivity index (χ0n) is 13.6. The molecule has 7 heteroatoms. The molecule has 124 valence electrons. The Kier molecular flexibility index (Phi) is 6.99. The fourth-order valence-electron chi connectivity index (χ4n) is 1.78. The van der Waals surface area contributed by atoms with Crippen molar-refractivity contribution < 1.29 is 13.2 Å². The summed E-state index contributed by atoms with van der Waals surface area (Å²) in [5, 5.41) is 5.86. The highest BCUT2D eigenvalue weighted by molar-refractivity contribution is 7.89. The maximum absolute atomic E-state index is 12.4. The maximum atomic E-state index is 12.4. The van der Waals surface area contributed by atoms with Gasteiger partial charge in [-0.2, -0.15) is 4.31 Å². The zero-order chi connectivity index (χ0) is 16.8. The molecular formula is C15H25N3O3S. The first kappa shape index (κ1) is 18.6. The lowest BCUT2D eigenvalue weighted by Crippen LogP contribution is -2.34. The van der Waals surface area contributed by atoms with Crippen molar-refractivity contribution in [3.8, 4) is 0 Å². The molecule has 0 bridgehead atoms. The van der Waals surface area contributed by atoms with Crippen molar-refractivity contribution in [2.24, 2.45) is 0 Å². The van der Waals surface area contributed by atoms with E-state index in [0.717, 1.165) is 6.54 Å². The minimum absolute atomic E-state index is 0.128. The molecule has 0 fully saturated rings. The third kappa shape index (κ3) is 4.79. The summed E-state index contributed by atoms with van der Waals surface area (Å²) in [6.07, 6.45) is 0. The van der Waals surface area contributed by atoms with Gasteiger partial charge in [0.25, 0.3) is 5.91 Å². The fraction of sp³-hybridized carbons (Fsp3) is 0.533. The molecule has 0 aliphatic carbocycles. The molecule has 22 heavy (non-hydrogen) atoms. The van der Waals surface area contributed by atoms with Crippen LogP contribution in [0.2, 0.25) is 0 Å². The predicted octanol–water partition coefficient (Wildman–Crippen LogP) is 1.05. The average Bonchev–Trinajstić information content (AvgIpc) is 2.50. The Labute approximate surface area is 132 Å². The summed E-state index contributed by atoms with van der Waals surface area (Å²) in [6, 6.07) is 5.96. The summed E-state index contributed by atoms with van der Waals surface area (Å²) < 4.78 is 26.2. The molecule has 0 atom stereocenters. The van der Waals surface area contributed by atoms with Crippen molar-refractivity contribution in [2.45, 2.75) is 31.7 Å². The number of hydrogen-bond donors (Lipinski definition) is 2. The molecule has 1 aromatic carbocycles. The highest BCUT2D eigenvalue weighted by atomic mass is 32.2. The number of sulfonamides is 1. The van der Waals surface area contributed by atoms with Gasteiger partial charge in [0.05, 0.1) is 4.90 Å². The van der Waals surface area contributed by atoms with Gasteiger partial charge in [0.15, 0.2) is 0 Å². The zero-order valence-corrected chi connectivity index (χ0v) is 14.4. The molecular weight excluding hydrogens is 302 g/mol. The lowest BCUT2D eigenvalue weighted by Gasteiger charge is -2.21. The molecule has 0 aromatic heterocycles. The van der Waals surface area contributed by atoms with Crippen molar-refractivity contribution in [1.29, 1.82) is 0 Å². The molecule has 0 unspecified atom stereocenters. The van der Waals surface area contributed by atoms with E-state index >= 15 is 0 Å². The monoisotopic (exact) mass is 327 g/mol. The number of amides is 1. The van der Waals surface area contributed by atoms with E-state index in [-0.39, 0.29) is 16.8 Å². The van der Waals surface area contributed by atoms with Crippen LogP contribution in [0.15, 0.2) is 29.2 Å². The van der Waals surface area contributed by atoms with Crippen LogP contribution in [0, 0.1) is 0 Å². The Morgan fingerprint density at radius 3 is 2.55 bits per heavy atom. The minimum Gasteiger partial charge on any atom is -0.351 e. The first-order chi connectivity index (χ1) is 10.3. The van der Waals surface area contributed by atoms with Gasteiger partial charge in [-0.25, -0.2) is 8.42 Å². The number of rotatable bonds is 8. The standard InChI is InChI=1S/C15H25N3O3S/c1-5-16-9-10-17-15(19)13-7-6-8-14(11-13)22(20,21)18(4)12(2)3/h6-8,11-12,16H,5,9-10H2,1-4H3,(H,17,19). The van der Waals surface area contributed by atoms with Gasteiger partial charge in [-0.15, -0.1) is 0 Å². The Morgan fingerprint density at radius 2 is 1.95 bits per heavy atom. The second kappa shape index (κ2) is 8.26. The van der Waals surface area contributed by atoms with E-state index in [9.17, 15) is 13.2 Å². The average molecular weight is 327 g/mol. The lowest BCUT2D eigenvalue weighted by atomic mass is 10.2. The summed E-state index contributed by atoms with van der Waals surface area (Å²) in [5.41, 5.74) is 0.342. The normalized spacial score (nSPS) is 11.9. The van der Waals surface area contributed by atoms with Crippen LogP contribution in [0.3, 0.4) is 0 Å². The Hall–Kier alpha value is -1.44. The van der Waals surface area contributed by atoms with Crippen LogP contribution in [0.4, 0.5) is 0 Å².